The first-order chi connectivity index (χ1) is 7.25. The molecule has 1 rings (SSSR count). The summed E-state index contributed by atoms with van der Waals surface area (Å²) in [6.45, 7) is 4.25. The lowest BCUT2D eigenvalue weighted by atomic mass is 9.82. The minimum atomic E-state index is -0.294. The van der Waals surface area contributed by atoms with Crippen molar-refractivity contribution in [3.63, 3.8) is 0 Å². The van der Waals surface area contributed by atoms with Crippen LogP contribution < -0.4 is 10.6 Å². The Bertz CT molecular complexity index is 221. The molecule has 0 aromatic rings. The number of nitrogens with one attached hydrogen (secondary N) is 2. The standard InChI is InChI=1S/C10H18N2O3/c1-2-10(6-15-7-10)9(14)12-5-3-4-11-8-13/h8H,2-7H2,1H3,(H,11,13)(H,12,14). The fourth-order valence-electron chi connectivity index (χ4n) is 1.48. The Morgan fingerprint density at radius 3 is 2.67 bits per heavy atom. The Morgan fingerprint density at radius 1 is 1.47 bits per heavy atom. The number of rotatable bonds is 7. The lowest BCUT2D eigenvalue weighted by Gasteiger charge is -2.39. The molecule has 86 valence electrons. The van der Waals surface area contributed by atoms with Crippen LogP contribution in [0, 0.1) is 5.41 Å². The zero-order valence-corrected chi connectivity index (χ0v) is 9.04. The Morgan fingerprint density at radius 2 is 2.20 bits per heavy atom. The highest BCUT2D eigenvalue weighted by atomic mass is 16.5. The Balaban J connectivity index is 2.15. The van der Waals surface area contributed by atoms with E-state index in [0.29, 0.717) is 32.7 Å². The van der Waals surface area contributed by atoms with Gasteiger partial charge in [0, 0.05) is 13.1 Å². The van der Waals surface area contributed by atoms with Gasteiger partial charge in [-0.05, 0) is 12.8 Å². The maximum Gasteiger partial charge on any atom is 0.230 e. The summed E-state index contributed by atoms with van der Waals surface area (Å²) in [5.41, 5.74) is -0.294. The molecule has 0 saturated carbocycles. The highest BCUT2D eigenvalue weighted by Gasteiger charge is 2.43. The van der Waals surface area contributed by atoms with E-state index in [1.807, 2.05) is 6.92 Å². The topological polar surface area (TPSA) is 67.4 Å². The van der Waals surface area contributed by atoms with Gasteiger partial charge in [0.25, 0.3) is 0 Å². The molecule has 0 atom stereocenters. The summed E-state index contributed by atoms with van der Waals surface area (Å²) in [5.74, 6) is 0.0716. The normalized spacial score (nSPS) is 17.7. The number of carbonyl (C=O) groups is 2. The molecule has 1 aliphatic rings. The Labute approximate surface area is 89.6 Å². The summed E-state index contributed by atoms with van der Waals surface area (Å²) < 4.78 is 5.08. The SMILES string of the molecule is CCC1(C(=O)NCCCNC=O)COC1. The van der Waals surface area contributed by atoms with Crippen molar-refractivity contribution in [1.82, 2.24) is 10.6 Å². The van der Waals surface area contributed by atoms with Crippen molar-refractivity contribution in [2.75, 3.05) is 26.3 Å². The maximum atomic E-state index is 11.7. The second-order valence-corrected chi connectivity index (χ2v) is 3.81. The van der Waals surface area contributed by atoms with E-state index in [1.54, 1.807) is 0 Å². The Kier molecular flexibility index (Phi) is 4.55. The van der Waals surface area contributed by atoms with Crippen LogP contribution in [0.5, 0.6) is 0 Å². The molecular weight excluding hydrogens is 196 g/mol. The van der Waals surface area contributed by atoms with Gasteiger partial charge >= 0.3 is 0 Å². The number of hydrogen-bond acceptors (Lipinski definition) is 3. The Hall–Kier alpha value is -1.10. The largest absolute Gasteiger partial charge is 0.379 e. The fourth-order valence-corrected chi connectivity index (χ4v) is 1.48. The van der Waals surface area contributed by atoms with Gasteiger partial charge in [-0.25, -0.2) is 0 Å². The molecule has 1 heterocycles. The van der Waals surface area contributed by atoms with Crippen LogP contribution in [0.15, 0.2) is 0 Å². The minimum Gasteiger partial charge on any atom is -0.379 e. The summed E-state index contributed by atoms with van der Waals surface area (Å²) in [6, 6.07) is 0. The van der Waals surface area contributed by atoms with Crippen molar-refractivity contribution in [2.45, 2.75) is 19.8 Å². The molecule has 1 aliphatic heterocycles. The van der Waals surface area contributed by atoms with Crippen LogP contribution in [0.2, 0.25) is 0 Å². The molecule has 0 spiro atoms. The van der Waals surface area contributed by atoms with Crippen LogP contribution >= 0.6 is 0 Å². The van der Waals surface area contributed by atoms with E-state index in [-0.39, 0.29) is 11.3 Å². The highest BCUT2D eigenvalue weighted by molar-refractivity contribution is 5.83. The average Bonchev–Trinajstić information content (AvgIpc) is 2.17. The van der Waals surface area contributed by atoms with E-state index >= 15 is 0 Å². The summed E-state index contributed by atoms with van der Waals surface area (Å²) in [6.07, 6.45) is 2.23. The molecule has 0 aliphatic carbocycles. The predicted molar refractivity (Wildman–Crippen MR) is 55.2 cm³/mol. The molecule has 2 N–H and O–H groups in total. The van der Waals surface area contributed by atoms with Gasteiger partial charge in [-0.1, -0.05) is 6.92 Å². The van der Waals surface area contributed by atoms with Crippen LogP contribution in [0.25, 0.3) is 0 Å². The first-order valence-electron chi connectivity index (χ1n) is 5.28. The smallest absolute Gasteiger partial charge is 0.230 e. The van der Waals surface area contributed by atoms with E-state index in [0.717, 1.165) is 12.8 Å². The molecule has 1 fully saturated rings. The molecule has 5 nitrogen and oxygen atoms in total. The van der Waals surface area contributed by atoms with Gasteiger partial charge in [0.15, 0.2) is 0 Å². The van der Waals surface area contributed by atoms with Crippen LogP contribution in [0.3, 0.4) is 0 Å². The number of hydrogen-bond donors (Lipinski definition) is 2. The van der Waals surface area contributed by atoms with E-state index in [1.165, 1.54) is 0 Å². The molecule has 5 heteroatoms. The van der Waals surface area contributed by atoms with E-state index in [9.17, 15) is 9.59 Å². The predicted octanol–water partition coefficient (Wildman–Crippen LogP) is -0.335. The molecule has 0 aromatic carbocycles. The van der Waals surface area contributed by atoms with Gasteiger partial charge in [-0.3, -0.25) is 9.59 Å². The molecule has 0 radical (unpaired) electrons. The third kappa shape index (κ3) is 2.92. The first kappa shape index (κ1) is 12.0. The molecule has 0 bridgehead atoms. The highest BCUT2D eigenvalue weighted by Crippen LogP contribution is 2.31. The number of amides is 2. The molecular formula is C10H18N2O3. The zero-order chi connectivity index (χ0) is 11.1. The lowest BCUT2D eigenvalue weighted by Crippen LogP contribution is -2.53. The number of carbonyl (C=O) groups excluding carboxylic acids is 2. The van der Waals surface area contributed by atoms with Gasteiger partial charge in [0.1, 0.15) is 0 Å². The van der Waals surface area contributed by atoms with Crippen LogP contribution in [-0.4, -0.2) is 38.6 Å². The second kappa shape index (κ2) is 5.70. The average molecular weight is 214 g/mol. The van der Waals surface area contributed by atoms with Crippen molar-refractivity contribution < 1.29 is 14.3 Å². The summed E-state index contributed by atoms with van der Waals surface area (Å²) in [5, 5.41) is 5.41. The van der Waals surface area contributed by atoms with Crippen molar-refractivity contribution in [2.24, 2.45) is 5.41 Å². The third-order valence-corrected chi connectivity index (χ3v) is 2.78. The summed E-state index contributed by atoms with van der Waals surface area (Å²) in [7, 11) is 0. The fraction of sp³-hybridized carbons (Fsp3) is 0.800. The van der Waals surface area contributed by atoms with Crippen LogP contribution in [0.1, 0.15) is 19.8 Å². The maximum absolute atomic E-state index is 11.7. The summed E-state index contributed by atoms with van der Waals surface area (Å²) >= 11 is 0. The van der Waals surface area contributed by atoms with Gasteiger partial charge in [-0.15, -0.1) is 0 Å². The van der Waals surface area contributed by atoms with E-state index < -0.39 is 0 Å². The monoisotopic (exact) mass is 214 g/mol. The molecule has 0 unspecified atom stereocenters. The van der Waals surface area contributed by atoms with Gasteiger partial charge in [0.2, 0.25) is 12.3 Å². The van der Waals surface area contributed by atoms with E-state index in [2.05, 4.69) is 10.6 Å². The molecule has 2 amide bonds. The van der Waals surface area contributed by atoms with Gasteiger partial charge in [0.05, 0.1) is 18.6 Å². The lowest BCUT2D eigenvalue weighted by molar-refractivity contribution is -0.162. The van der Waals surface area contributed by atoms with Gasteiger partial charge < -0.3 is 15.4 Å². The van der Waals surface area contributed by atoms with Crippen molar-refractivity contribution >= 4 is 12.3 Å². The van der Waals surface area contributed by atoms with Crippen molar-refractivity contribution in [1.29, 1.82) is 0 Å². The molecule has 0 aromatic heterocycles. The van der Waals surface area contributed by atoms with Crippen LogP contribution in [0.4, 0.5) is 0 Å². The minimum absolute atomic E-state index is 0.0716. The van der Waals surface area contributed by atoms with E-state index in [4.69, 9.17) is 4.74 Å². The quantitative estimate of drug-likeness (QED) is 0.450. The first-order valence-corrected chi connectivity index (χ1v) is 5.28. The second-order valence-electron chi connectivity index (χ2n) is 3.81. The van der Waals surface area contributed by atoms with Gasteiger partial charge in [-0.2, -0.15) is 0 Å². The summed E-state index contributed by atoms with van der Waals surface area (Å²) in [4.78, 5) is 21.7. The van der Waals surface area contributed by atoms with Crippen LogP contribution in [-0.2, 0) is 14.3 Å². The molecule has 1 saturated heterocycles. The molecule has 15 heavy (non-hydrogen) atoms. The zero-order valence-electron chi connectivity index (χ0n) is 9.04. The van der Waals surface area contributed by atoms with Crippen molar-refractivity contribution in [3.8, 4) is 0 Å². The van der Waals surface area contributed by atoms with Crippen molar-refractivity contribution in [3.05, 3.63) is 0 Å². The third-order valence-electron chi connectivity index (χ3n) is 2.78. The number of ether oxygens (including phenoxy) is 1.